The van der Waals surface area contributed by atoms with Gasteiger partial charge < -0.3 is 18.9 Å². The molecule has 0 spiro atoms. The summed E-state index contributed by atoms with van der Waals surface area (Å²) in [6.45, 7) is 1.76. The molecule has 8 nitrogen and oxygen atoms in total. The fraction of sp³-hybridized carbons (Fsp3) is 0.226. The van der Waals surface area contributed by atoms with Gasteiger partial charge in [0.2, 0.25) is 0 Å². The lowest BCUT2D eigenvalue weighted by Crippen LogP contribution is -2.32. The van der Waals surface area contributed by atoms with Crippen molar-refractivity contribution in [2.45, 2.75) is 25.8 Å². The van der Waals surface area contributed by atoms with Crippen molar-refractivity contribution in [3.63, 3.8) is 0 Å². The van der Waals surface area contributed by atoms with Crippen LogP contribution in [0.1, 0.15) is 38.8 Å². The Kier molecular flexibility index (Phi) is 11.4. The minimum atomic E-state index is -4.81. The summed E-state index contributed by atoms with van der Waals surface area (Å²) in [7, 11) is 3.98. The molecule has 0 atom stereocenters. The normalized spacial score (nSPS) is 11.4. The van der Waals surface area contributed by atoms with E-state index in [2.05, 4.69) is 0 Å². The third-order valence-electron chi connectivity index (χ3n) is 6.80. The van der Waals surface area contributed by atoms with Crippen LogP contribution in [0.25, 0.3) is 0 Å². The zero-order valence-electron chi connectivity index (χ0n) is 25.1. The molecule has 0 fully saturated rings. The van der Waals surface area contributed by atoms with Gasteiger partial charge in [-0.15, -0.1) is 0 Å². The highest BCUT2D eigenvalue weighted by Gasteiger charge is 2.38. The smallest absolute Gasteiger partial charge is 0.318 e. The van der Waals surface area contributed by atoms with Crippen LogP contribution >= 0.6 is 23.2 Å². The number of hydrogen-bond donors (Lipinski definition) is 0. The van der Waals surface area contributed by atoms with E-state index < -0.39 is 57.5 Å². The number of anilines is 2. The van der Waals surface area contributed by atoms with E-state index in [1.165, 1.54) is 69.7 Å². The number of hydrogen-bond acceptors (Lipinski definition) is 4. The summed E-state index contributed by atoms with van der Waals surface area (Å²) in [6.07, 6.45) is -7.78. The molecule has 0 aliphatic carbocycles. The van der Waals surface area contributed by atoms with Gasteiger partial charge in [0.05, 0.1) is 22.3 Å². The number of aromatic nitrogens is 2. The van der Waals surface area contributed by atoms with Gasteiger partial charge in [-0.25, -0.2) is 0 Å². The van der Waals surface area contributed by atoms with E-state index in [0.29, 0.717) is 33.6 Å². The summed E-state index contributed by atoms with van der Waals surface area (Å²) in [5, 5.41) is 0.878. The first-order valence-corrected chi connectivity index (χ1v) is 14.2. The van der Waals surface area contributed by atoms with Crippen molar-refractivity contribution in [1.29, 1.82) is 0 Å². The zero-order chi connectivity index (χ0) is 35.4. The van der Waals surface area contributed by atoms with Crippen LogP contribution in [0.15, 0.2) is 82.6 Å². The summed E-state index contributed by atoms with van der Waals surface area (Å²) in [6, 6.07) is 13.0. The lowest BCUT2D eigenvalue weighted by molar-refractivity contribution is -0.138. The Bertz CT molecular complexity index is 1890. The second-order valence-electron chi connectivity index (χ2n) is 9.95. The van der Waals surface area contributed by atoms with E-state index >= 15 is 0 Å². The second kappa shape index (κ2) is 14.5. The van der Waals surface area contributed by atoms with Gasteiger partial charge in [0.25, 0.3) is 22.9 Å². The van der Waals surface area contributed by atoms with Gasteiger partial charge in [-0.05, 0) is 55.5 Å². The van der Waals surface area contributed by atoms with E-state index in [0.717, 1.165) is 31.3 Å². The summed E-state index contributed by atoms with van der Waals surface area (Å²) in [4.78, 5) is 50.3. The quantitative estimate of drug-likeness (QED) is 0.207. The Morgan fingerprint density at radius 3 is 1.40 bits per heavy atom. The molecule has 250 valence electrons. The van der Waals surface area contributed by atoms with E-state index in [1.807, 2.05) is 0 Å². The molecule has 4 rings (SSSR count). The van der Waals surface area contributed by atoms with Crippen LogP contribution in [0.3, 0.4) is 0 Å². The Balaban J connectivity index is 0.000000256. The Hall–Kier alpha value is -4.56. The van der Waals surface area contributed by atoms with Gasteiger partial charge in [-0.2, -0.15) is 26.3 Å². The standard InChI is InChI=1S/C16H14ClF3N2O2.C15H12ClF3N2O2/c1-3-22-9-12(13(8-14(22)23)16(18,19)20)15(24)21(2)11-6-4-10(17)5-7-11;1-20-8-11(12(7-13(20)22)15(17,18)19)14(23)21(2)10-5-3-9(16)4-6-10/h4-9H,3H2,1-2H3;3-8H,1-2H3. The van der Waals surface area contributed by atoms with Crippen LogP contribution in [-0.4, -0.2) is 35.0 Å². The minimum Gasteiger partial charge on any atom is -0.318 e. The summed E-state index contributed by atoms with van der Waals surface area (Å²) in [5.74, 6) is -1.75. The molecule has 2 amide bonds. The van der Waals surface area contributed by atoms with Crippen LogP contribution < -0.4 is 20.9 Å². The van der Waals surface area contributed by atoms with Gasteiger partial charge in [0, 0.05) is 73.6 Å². The third-order valence-corrected chi connectivity index (χ3v) is 7.31. The van der Waals surface area contributed by atoms with E-state index in [1.54, 1.807) is 6.92 Å². The van der Waals surface area contributed by atoms with Gasteiger partial charge in [0.15, 0.2) is 0 Å². The van der Waals surface area contributed by atoms with Crippen molar-refractivity contribution in [2.24, 2.45) is 7.05 Å². The Labute approximate surface area is 274 Å². The van der Waals surface area contributed by atoms with Crippen LogP contribution in [0.4, 0.5) is 37.7 Å². The highest BCUT2D eigenvalue weighted by atomic mass is 35.5. The summed E-state index contributed by atoms with van der Waals surface area (Å²) in [5.41, 5.74) is -4.58. The van der Waals surface area contributed by atoms with Gasteiger partial charge >= 0.3 is 12.4 Å². The van der Waals surface area contributed by atoms with Crippen molar-refractivity contribution in [3.8, 4) is 0 Å². The summed E-state index contributed by atoms with van der Waals surface area (Å²) >= 11 is 11.5. The molecule has 0 unspecified atom stereocenters. The minimum absolute atomic E-state index is 0.155. The number of alkyl halides is 6. The van der Waals surface area contributed by atoms with Crippen molar-refractivity contribution in [3.05, 3.63) is 126 Å². The van der Waals surface area contributed by atoms with Gasteiger partial charge in [-0.3, -0.25) is 19.2 Å². The second-order valence-corrected chi connectivity index (χ2v) is 10.8. The van der Waals surface area contributed by atoms with E-state index in [9.17, 15) is 45.5 Å². The molecule has 0 bridgehead atoms. The van der Waals surface area contributed by atoms with Gasteiger partial charge in [-0.1, -0.05) is 23.2 Å². The molecule has 16 heteroatoms. The molecule has 0 aliphatic rings. The van der Waals surface area contributed by atoms with Gasteiger partial charge in [0.1, 0.15) is 0 Å². The number of halogens is 8. The molecule has 0 saturated heterocycles. The van der Waals surface area contributed by atoms with Crippen LogP contribution in [-0.2, 0) is 25.9 Å². The fourth-order valence-electron chi connectivity index (χ4n) is 4.19. The number of rotatable bonds is 5. The average molecular weight is 703 g/mol. The first-order valence-electron chi connectivity index (χ1n) is 13.4. The molecule has 2 heterocycles. The highest BCUT2D eigenvalue weighted by molar-refractivity contribution is 6.31. The number of carbonyl (C=O) groups is 2. The monoisotopic (exact) mass is 702 g/mol. The largest absolute Gasteiger partial charge is 0.417 e. The molecule has 0 saturated carbocycles. The first-order chi connectivity index (χ1) is 21.8. The van der Waals surface area contributed by atoms with Crippen molar-refractivity contribution < 1.29 is 35.9 Å². The Morgan fingerprint density at radius 1 is 0.681 bits per heavy atom. The van der Waals surface area contributed by atoms with Crippen LogP contribution in [0.2, 0.25) is 10.0 Å². The van der Waals surface area contributed by atoms with E-state index in [-0.39, 0.29) is 6.54 Å². The molecule has 0 radical (unpaired) electrons. The molecule has 0 N–H and O–H groups in total. The molecule has 2 aromatic heterocycles. The van der Waals surface area contributed by atoms with Crippen molar-refractivity contribution in [2.75, 3.05) is 23.9 Å². The average Bonchev–Trinajstić information content (AvgIpc) is 3.00. The van der Waals surface area contributed by atoms with Crippen molar-refractivity contribution in [1.82, 2.24) is 9.13 Å². The topological polar surface area (TPSA) is 84.6 Å². The predicted molar refractivity (Wildman–Crippen MR) is 166 cm³/mol. The molecular formula is C31H26Cl2F6N4O4. The molecule has 47 heavy (non-hydrogen) atoms. The third kappa shape index (κ3) is 8.83. The maximum Gasteiger partial charge on any atom is 0.417 e. The van der Waals surface area contributed by atoms with Crippen LogP contribution in [0, 0.1) is 0 Å². The molecule has 4 aromatic rings. The van der Waals surface area contributed by atoms with Crippen LogP contribution in [0.5, 0.6) is 0 Å². The molecule has 2 aromatic carbocycles. The predicted octanol–water partition coefficient (Wildman–Crippen LogP) is 7.15. The fourth-order valence-corrected chi connectivity index (χ4v) is 4.44. The lowest BCUT2D eigenvalue weighted by atomic mass is 10.1. The Morgan fingerprint density at radius 2 is 1.04 bits per heavy atom. The number of carbonyl (C=O) groups excluding carboxylic acids is 2. The number of benzene rings is 2. The maximum absolute atomic E-state index is 13.2. The highest BCUT2D eigenvalue weighted by Crippen LogP contribution is 2.33. The van der Waals surface area contributed by atoms with Crippen molar-refractivity contribution >= 4 is 46.4 Å². The maximum atomic E-state index is 13.2. The first kappa shape index (κ1) is 36.9. The number of nitrogens with zero attached hydrogens (tertiary/aromatic N) is 4. The molecule has 0 aliphatic heterocycles. The summed E-state index contributed by atoms with van der Waals surface area (Å²) < 4.78 is 80.9. The van der Waals surface area contributed by atoms with E-state index in [4.69, 9.17) is 23.2 Å². The lowest BCUT2D eigenvalue weighted by Gasteiger charge is -2.21. The molecular weight excluding hydrogens is 677 g/mol. The number of pyridine rings is 2. The SMILES string of the molecule is CCn1cc(C(=O)N(C)c2ccc(Cl)cc2)c(C(F)(F)F)cc1=O.CN(C(=O)c1cn(C)c(=O)cc1C(F)(F)F)c1ccc(Cl)cc1. The zero-order valence-corrected chi connectivity index (χ0v) is 26.6. The number of amides is 2. The number of aryl methyl sites for hydroxylation is 2.